The van der Waals surface area contributed by atoms with Gasteiger partial charge in [-0.15, -0.1) is 0 Å². The highest BCUT2D eigenvalue weighted by Crippen LogP contribution is 2.10. The third kappa shape index (κ3) is 4.00. The van der Waals surface area contributed by atoms with Gasteiger partial charge in [0, 0.05) is 4.47 Å². The van der Waals surface area contributed by atoms with Crippen LogP contribution in [0.3, 0.4) is 0 Å². The number of rotatable bonds is 4. The quantitative estimate of drug-likeness (QED) is 0.609. The fraction of sp³-hybridized carbons (Fsp3) is 0.133. The number of hydrogen-bond acceptors (Lipinski definition) is 2. The van der Waals surface area contributed by atoms with Crippen LogP contribution < -0.4 is 0 Å². The molecule has 0 spiro atoms. The summed E-state index contributed by atoms with van der Waals surface area (Å²) in [6.45, 7) is 2.56. The Balaban J connectivity index is 1.89. The van der Waals surface area contributed by atoms with Gasteiger partial charge in [0.1, 0.15) is 6.61 Å². The number of nitrogens with zero attached hydrogens (tertiary/aromatic N) is 1. The van der Waals surface area contributed by atoms with E-state index in [-0.39, 0.29) is 0 Å². The standard InChI is InChI=1S/C15H14BrNO/c1-12-4-2-6-14(8-12)11-18-17-10-13-5-3-7-15(16)9-13/h2-10H,11H2,1H3. The molecule has 2 aromatic rings. The molecule has 2 nitrogen and oxygen atoms in total. The Morgan fingerprint density at radius 1 is 1.17 bits per heavy atom. The van der Waals surface area contributed by atoms with Crippen molar-refractivity contribution in [2.45, 2.75) is 13.5 Å². The number of benzene rings is 2. The first-order chi connectivity index (χ1) is 8.74. The van der Waals surface area contributed by atoms with E-state index >= 15 is 0 Å². The van der Waals surface area contributed by atoms with Gasteiger partial charge >= 0.3 is 0 Å². The summed E-state index contributed by atoms with van der Waals surface area (Å²) in [5.41, 5.74) is 3.36. The second-order valence-corrected chi connectivity index (χ2v) is 4.97. The molecule has 0 aliphatic heterocycles. The largest absolute Gasteiger partial charge is 0.391 e. The zero-order chi connectivity index (χ0) is 12.8. The highest BCUT2D eigenvalue weighted by Gasteiger charge is 1.93. The summed E-state index contributed by atoms with van der Waals surface area (Å²) in [4.78, 5) is 5.27. The first kappa shape index (κ1) is 12.8. The normalized spacial score (nSPS) is 10.8. The van der Waals surface area contributed by atoms with Crippen LogP contribution in [0.1, 0.15) is 16.7 Å². The molecule has 0 unspecified atom stereocenters. The number of hydrogen-bond donors (Lipinski definition) is 0. The van der Waals surface area contributed by atoms with Gasteiger partial charge in [0.25, 0.3) is 0 Å². The van der Waals surface area contributed by atoms with Crippen LogP contribution in [-0.2, 0) is 11.4 Å². The lowest BCUT2D eigenvalue weighted by Gasteiger charge is -2.00. The molecule has 0 aliphatic rings. The van der Waals surface area contributed by atoms with Gasteiger partial charge in [-0.25, -0.2) is 0 Å². The van der Waals surface area contributed by atoms with Crippen LogP contribution in [0.2, 0.25) is 0 Å². The molecular formula is C15H14BrNO. The van der Waals surface area contributed by atoms with E-state index in [1.807, 2.05) is 36.4 Å². The third-order valence-corrected chi connectivity index (χ3v) is 2.93. The van der Waals surface area contributed by atoms with Crippen LogP contribution in [0, 0.1) is 6.92 Å². The van der Waals surface area contributed by atoms with Gasteiger partial charge in [0.2, 0.25) is 0 Å². The van der Waals surface area contributed by atoms with Crippen LogP contribution in [0.15, 0.2) is 58.2 Å². The summed E-state index contributed by atoms with van der Waals surface area (Å²) in [5.74, 6) is 0. The number of oxime groups is 1. The molecule has 0 saturated heterocycles. The fourth-order valence-corrected chi connectivity index (χ4v) is 2.02. The van der Waals surface area contributed by atoms with E-state index in [0.29, 0.717) is 6.61 Å². The predicted molar refractivity (Wildman–Crippen MR) is 77.7 cm³/mol. The third-order valence-electron chi connectivity index (χ3n) is 2.44. The highest BCUT2D eigenvalue weighted by atomic mass is 79.9. The van der Waals surface area contributed by atoms with Crippen molar-refractivity contribution in [3.05, 3.63) is 69.7 Å². The van der Waals surface area contributed by atoms with Crippen LogP contribution in [0.4, 0.5) is 0 Å². The molecule has 0 amide bonds. The van der Waals surface area contributed by atoms with Gasteiger partial charge in [-0.1, -0.05) is 63.0 Å². The van der Waals surface area contributed by atoms with E-state index in [1.165, 1.54) is 5.56 Å². The molecule has 0 aliphatic carbocycles. The molecule has 0 aromatic heterocycles. The number of halogens is 1. The lowest BCUT2D eigenvalue weighted by Crippen LogP contribution is -1.89. The van der Waals surface area contributed by atoms with E-state index in [9.17, 15) is 0 Å². The van der Waals surface area contributed by atoms with Gasteiger partial charge in [-0.2, -0.15) is 0 Å². The molecule has 2 aromatic carbocycles. The minimum absolute atomic E-state index is 0.492. The molecule has 2 rings (SSSR count). The average molecular weight is 304 g/mol. The van der Waals surface area contributed by atoms with Gasteiger partial charge in [-0.05, 0) is 30.2 Å². The van der Waals surface area contributed by atoms with Gasteiger partial charge in [0.05, 0.1) is 6.21 Å². The highest BCUT2D eigenvalue weighted by molar-refractivity contribution is 9.10. The maximum atomic E-state index is 5.27. The average Bonchev–Trinajstić information content (AvgIpc) is 2.35. The van der Waals surface area contributed by atoms with Crippen molar-refractivity contribution >= 4 is 22.1 Å². The first-order valence-corrected chi connectivity index (χ1v) is 6.50. The van der Waals surface area contributed by atoms with Crippen molar-refractivity contribution in [3.8, 4) is 0 Å². The van der Waals surface area contributed by atoms with Crippen molar-refractivity contribution in [3.63, 3.8) is 0 Å². The Morgan fingerprint density at radius 3 is 2.78 bits per heavy atom. The maximum absolute atomic E-state index is 5.27. The molecule has 3 heteroatoms. The smallest absolute Gasteiger partial charge is 0.142 e. The molecular weight excluding hydrogens is 290 g/mol. The lowest BCUT2D eigenvalue weighted by molar-refractivity contribution is 0.132. The summed E-state index contributed by atoms with van der Waals surface area (Å²) < 4.78 is 1.03. The van der Waals surface area contributed by atoms with Gasteiger partial charge in [-0.3, -0.25) is 0 Å². The Morgan fingerprint density at radius 2 is 2.00 bits per heavy atom. The molecule has 92 valence electrons. The fourth-order valence-electron chi connectivity index (χ4n) is 1.60. The summed E-state index contributed by atoms with van der Waals surface area (Å²) in [7, 11) is 0. The lowest BCUT2D eigenvalue weighted by atomic mass is 10.1. The van der Waals surface area contributed by atoms with Gasteiger partial charge < -0.3 is 4.84 Å². The van der Waals surface area contributed by atoms with E-state index in [2.05, 4.69) is 40.1 Å². The second-order valence-electron chi connectivity index (χ2n) is 4.05. The van der Waals surface area contributed by atoms with Crippen molar-refractivity contribution < 1.29 is 4.84 Å². The molecule has 18 heavy (non-hydrogen) atoms. The topological polar surface area (TPSA) is 21.6 Å². The first-order valence-electron chi connectivity index (χ1n) is 5.70. The van der Waals surface area contributed by atoms with Crippen LogP contribution >= 0.6 is 15.9 Å². The van der Waals surface area contributed by atoms with Crippen LogP contribution in [0.5, 0.6) is 0 Å². The van der Waals surface area contributed by atoms with E-state index < -0.39 is 0 Å². The molecule has 0 radical (unpaired) electrons. The molecule has 0 saturated carbocycles. The Hall–Kier alpha value is -1.61. The Labute approximate surface area is 115 Å². The molecule has 0 fully saturated rings. The molecule has 0 N–H and O–H groups in total. The van der Waals surface area contributed by atoms with Crippen LogP contribution in [-0.4, -0.2) is 6.21 Å². The monoisotopic (exact) mass is 303 g/mol. The zero-order valence-corrected chi connectivity index (χ0v) is 11.7. The van der Waals surface area contributed by atoms with E-state index in [4.69, 9.17) is 4.84 Å². The minimum Gasteiger partial charge on any atom is -0.391 e. The summed E-state index contributed by atoms with van der Waals surface area (Å²) >= 11 is 3.41. The molecule has 0 heterocycles. The van der Waals surface area contributed by atoms with Crippen molar-refractivity contribution in [1.82, 2.24) is 0 Å². The van der Waals surface area contributed by atoms with E-state index in [1.54, 1.807) is 6.21 Å². The predicted octanol–water partition coefficient (Wildman–Crippen LogP) is 4.31. The van der Waals surface area contributed by atoms with Crippen molar-refractivity contribution in [1.29, 1.82) is 0 Å². The number of aryl methyl sites for hydroxylation is 1. The summed E-state index contributed by atoms with van der Waals surface area (Å²) in [6.07, 6.45) is 1.71. The van der Waals surface area contributed by atoms with Crippen molar-refractivity contribution in [2.24, 2.45) is 5.16 Å². The summed E-state index contributed by atoms with van der Waals surface area (Å²) in [5, 5.41) is 3.96. The Kier molecular flexibility index (Phi) is 4.53. The maximum Gasteiger partial charge on any atom is 0.142 e. The minimum atomic E-state index is 0.492. The molecule has 0 bridgehead atoms. The summed E-state index contributed by atoms with van der Waals surface area (Å²) in [6, 6.07) is 16.1. The van der Waals surface area contributed by atoms with E-state index in [0.717, 1.165) is 15.6 Å². The Bertz CT molecular complexity index is 552. The van der Waals surface area contributed by atoms with Gasteiger partial charge in [0.15, 0.2) is 0 Å². The SMILES string of the molecule is Cc1cccc(CON=Cc2cccc(Br)c2)c1. The van der Waals surface area contributed by atoms with Crippen molar-refractivity contribution in [2.75, 3.05) is 0 Å². The molecule has 0 atom stereocenters. The zero-order valence-electron chi connectivity index (χ0n) is 10.1. The second kappa shape index (κ2) is 6.36. The van der Waals surface area contributed by atoms with Crippen LogP contribution in [0.25, 0.3) is 0 Å².